The van der Waals surface area contributed by atoms with Gasteiger partial charge in [-0.05, 0) is 29.5 Å². The second-order valence-corrected chi connectivity index (χ2v) is 8.74. The fraction of sp³-hybridized carbons (Fsp3) is 0.625. The number of aryl methyl sites for hydroxylation is 1. The minimum atomic E-state index is -2.90. The van der Waals surface area contributed by atoms with E-state index in [1.807, 2.05) is 6.92 Å². The molecule has 1 rings (SSSR count). The van der Waals surface area contributed by atoms with E-state index in [0.717, 1.165) is 5.75 Å². The summed E-state index contributed by atoms with van der Waals surface area (Å²) in [7, 11) is -2.90. The minimum absolute atomic E-state index is 0.0345. The lowest BCUT2D eigenvalue weighted by Gasteiger charge is -2.23. The predicted octanol–water partition coefficient (Wildman–Crippen LogP) is 2.31. The van der Waals surface area contributed by atoms with Gasteiger partial charge in [0.2, 0.25) is 0 Å². The van der Waals surface area contributed by atoms with Crippen LogP contribution in [0.2, 0.25) is 0 Å². The summed E-state index contributed by atoms with van der Waals surface area (Å²) in [6.45, 7) is 10.1. The van der Waals surface area contributed by atoms with E-state index in [2.05, 4.69) is 44.3 Å². The molecule has 0 atom stereocenters. The largest absolute Gasteiger partial charge is 0.492 e. The molecule has 4 nitrogen and oxygen atoms in total. The van der Waals surface area contributed by atoms with E-state index < -0.39 is 9.84 Å². The summed E-state index contributed by atoms with van der Waals surface area (Å²) in [4.78, 5) is 0. The number of rotatable bonds is 7. The second kappa shape index (κ2) is 7.27. The number of hydrogen-bond donors (Lipinski definition) is 1. The normalized spacial score (nSPS) is 12.4. The molecule has 0 spiro atoms. The lowest BCUT2D eigenvalue weighted by molar-refractivity contribution is 0.307. The van der Waals surface area contributed by atoms with E-state index >= 15 is 0 Å². The van der Waals surface area contributed by atoms with E-state index in [9.17, 15) is 8.42 Å². The Morgan fingerprint density at radius 1 is 1.19 bits per heavy atom. The van der Waals surface area contributed by atoms with Gasteiger partial charge in [0.05, 0.1) is 5.75 Å². The Morgan fingerprint density at radius 2 is 1.86 bits per heavy atom. The zero-order chi connectivity index (χ0) is 16.1. The van der Waals surface area contributed by atoms with Crippen LogP contribution in [0.4, 0.5) is 0 Å². The lowest BCUT2D eigenvalue weighted by atomic mass is 9.86. The molecule has 0 amide bonds. The van der Waals surface area contributed by atoms with Crippen molar-refractivity contribution in [3.05, 3.63) is 29.3 Å². The summed E-state index contributed by atoms with van der Waals surface area (Å²) in [5, 5.41) is 3.08. The molecule has 120 valence electrons. The van der Waals surface area contributed by atoms with Crippen molar-refractivity contribution in [1.29, 1.82) is 0 Å². The first kappa shape index (κ1) is 18.0. The summed E-state index contributed by atoms with van der Waals surface area (Å²) >= 11 is 0. The maximum atomic E-state index is 11.0. The van der Waals surface area contributed by atoms with Crippen LogP contribution in [0.5, 0.6) is 5.75 Å². The van der Waals surface area contributed by atoms with E-state index in [0.29, 0.717) is 19.7 Å². The number of ether oxygens (including phenoxy) is 1. The summed E-state index contributed by atoms with van der Waals surface area (Å²) < 4.78 is 27.9. The third-order valence-corrected chi connectivity index (χ3v) is 4.08. The first-order chi connectivity index (χ1) is 9.59. The molecule has 0 bridgehead atoms. The smallest absolute Gasteiger partial charge is 0.148 e. The predicted molar refractivity (Wildman–Crippen MR) is 88.0 cm³/mol. The Hall–Kier alpha value is -1.07. The second-order valence-electron chi connectivity index (χ2n) is 6.48. The Kier molecular flexibility index (Phi) is 6.23. The zero-order valence-corrected chi connectivity index (χ0v) is 14.5. The van der Waals surface area contributed by atoms with Crippen LogP contribution in [0.15, 0.2) is 18.2 Å². The van der Waals surface area contributed by atoms with Crippen molar-refractivity contribution in [2.75, 3.05) is 31.7 Å². The van der Waals surface area contributed by atoms with Crippen LogP contribution in [0.25, 0.3) is 0 Å². The molecule has 0 aliphatic carbocycles. The standard InChI is InChI=1S/C16H27NO3S/c1-13-6-7-14(16(2,3)4)15(12-13)20-10-8-17-9-11-21(5,18)19/h6-7,12,17H,8-11H2,1-5H3. The van der Waals surface area contributed by atoms with Crippen molar-refractivity contribution in [3.8, 4) is 5.75 Å². The van der Waals surface area contributed by atoms with Crippen molar-refractivity contribution >= 4 is 9.84 Å². The van der Waals surface area contributed by atoms with Crippen LogP contribution in [0.3, 0.4) is 0 Å². The van der Waals surface area contributed by atoms with Crippen LogP contribution in [0.1, 0.15) is 31.9 Å². The maximum Gasteiger partial charge on any atom is 0.148 e. The molecule has 0 fully saturated rings. The molecule has 0 aromatic heterocycles. The van der Waals surface area contributed by atoms with E-state index in [1.54, 1.807) is 0 Å². The van der Waals surface area contributed by atoms with Crippen LogP contribution in [0, 0.1) is 6.92 Å². The summed E-state index contributed by atoms with van der Waals surface area (Å²) in [5.41, 5.74) is 2.39. The SMILES string of the molecule is Cc1ccc(C(C)(C)C)c(OCCNCCS(C)(=O)=O)c1. The van der Waals surface area contributed by atoms with Gasteiger partial charge in [-0.1, -0.05) is 32.9 Å². The quantitative estimate of drug-likeness (QED) is 0.785. The fourth-order valence-corrected chi connectivity index (χ4v) is 2.50. The van der Waals surface area contributed by atoms with Gasteiger partial charge in [0.15, 0.2) is 0 Å². The average molecular weight is 313 g/mol. The van der Waals surface area contributed by atoms with Gasteiger partial charge in [-0.25, -0.2) is 8.42 Å². The third-order valence-electron chi connectivity index (χ3n) is 3.13. The first-order valence-corrected chi connectivity index (χ1v) is 9.28. The lowest BCUT2D eigenvalue weighted by Crippen LogP contribution is -2.27. The van der Waals surface area contributed by atoms with E-state index in [1.165, 1.54) is 17.4 Å². The highest BCUT2D eigenvalue weighted by Gasteiger charge is 2.18. The topological polar surface area (TPSA) is 55.4 Å². The first-order valence-electron chi connectivity index (χ1n) is 7.22. The molecule has 1 aromatic rings. The molecule has 0 saturated carbocycles. The van der Waals surface area contributed by atoms with Gasteiger partial charge in [-0.3, -0.25) is 0 Å². The molecule has 0 heterocycles. The highest BCUT2D eigenvalue weighted by atomic mass is 32.2. The molecule has 1 N–H and O–H groups in total. The van der Waals surface area contributed by atoms with Crippen LogP contribution >= 0.6 is 0 Å². The van der Waals surface area contributed by atoms with Gasteiger partial charge in [-0.2, -0.15) is 0 Å². The minimum Gasteiger partial charge on any atom is -0.492 e. The van der Waals surface area contributed by atoms with Gasteiger partial charge in [0.25, 0.3) is 0 Å². The van der Waals surface area contributed by atoms with Crippen molar-refractivity contribution in [1.82, 2.24) is 5.32 Å². The molecule has 5 heteroatoms. The third kappa shape index (κ3) is 6.96. The Morgan fingerprint density at radius 3 is 2.43 bits per heavy atom. The fourth-order valence-electron chi connectivity index (χ4n) is 1.98. The van der Waals surface area contributed by atoms with Crippen molar-refractivity contribution in [2.45, 2.75) is 33.1 Å². The Labute approximate surface area is 128 Å². The maximum absolute atomic E-state index is 11.0. The molecular formula is C16H27NO3S. The molecule has 1 aromatic carbocycles. The van der Waals surface area contributed by atoms with Gasteiger partial charge < -0.3 is 10.1 Å². The molecule has 0 radical (unpaired) electrons. The number of hydrogen-bond acceptors (Lipinski definition) is 4. The molecule has 0 unspecified atom stereocenters. The van der Waals surface area contributed by atoms with Crippen LogP contribution < -0.4 is 10.1 Å². The van der Waals surface area contributed by atoms with Crippen LogP contribution in [-0.4, -0.2) is 40.1 Å². The Balaban J connectivity index is 2.50. The summed E-state index contributed by atoms with van der Waals surface area (Å²) in [6, 6.07) is 6.26. The number of nitrogens with one attached hydrogen (secondary N) is 1. The molecule has 0 aliphatic rings. The van der Waals surface area contributed by atoms with E-state index in [-0.39, 0.29) is 11.2 Å². The average Bonchev–Trinajstić information content (AvgIpc) is 2.30. The molecule has 0 saturated heterocycles. The highest BCUT2D eigenvalue weighted by molar-refractivity contribution is 7.90. The monoisotopic (exact) mass is 313 g/mol. The number of sulfone groups is 1. The van der Waals surface area contributed by atoms with Gasteiger partial charge in [0.1, 0.15) is 22.2 Å². The Bertz CT molecular complexity index is 559. The molecular weight excluding hydrogens is 286 g/mol. The molecule has 0 aliphatic heterocycles. The molecule has 21 heavy (non-hydrogen) atoms. The van der Waals surface area contributed by atoms with Gasteiger partial charge in [-0.15, -0.1) is 0 Å². The highest BCUT2D eigenvalue weighted by Crippen LogP contribution is 2.31. The zero-order valence-electron chi connectivity index (χ0n) is 13.7. The summed E-state index contributed by atoms with van der Waals surface area (Å²) in [6.07, 6.45) is 1.24. The van der Waals surface area contributed by atoms with Crippen molar-refractivity contribution in [3.63, 3.8) is 0 Å². The number of benzene rings is 1. The van der Waals surface area contributed by atoms with Gasteiger partial charge >= 0.3 is 0 Å². The van der Waals surface area contributed by atoms with Crippen molar-refractivity contribution in [2.24, 2.45) is 0 Å². The van der Waals surface area contributed by atoms with Crippen LogP contribution in [-0.2, 0) is 15.3 Å². The van der Waals surface area contributed by atoms with Gasteiger partial charge in [0, 0.05) is 19.3 Å². The van der Waals surface area contributed by atoms with Crippen molar-refractivity contribution < 1.29 is 13.2 Å². The summed E-state index contributed by atoms with van der Waals surface area (Å²) in [5.74, 6) is 1.07. The van der Waals surface area contributed by atoms with E-state index in [4.69, 9.17) is 4.74 Å².